The second-order valence-corrected chi connectivity index (χ2v) is 3.95. The maximum atomic E-state index is 13.1. The minimum absolute atomic E-state index is 0.115. The lowest BCUT2D eigenvalue weighted by atomic mass is 10.0. The molecule has 2 aromatic rings. The monoisotopic (exact) mass is 249 g/mol. The van der Waals surface area contributed by atoms with Crippen molar-refractivity contribution in [3.05, 3.63) is 64.4 Å². The van der Waals surface area contributed by atoms with Gasteiger partial charge in [-0.25, -0.2) is 4.39 Å². The molecule has 2 rings (SSSR count). The van der Waals surface area contributed by atoms with Crippen molar-refractivity contribution in [2.75, 3.05) is 5.73 Å². The molecule has 86 valence electrons. The molecule has 0 saturated heterocycles. The number of hydrogen-bond donors (Lipinski definition) is 1. The van der Waals surface area contributed by atoms with Crippen molar-refractivity contribution in [2.45, 2.75) is 0 Å². The molecule has 2 N–H and O–H groups in total. The van der Waals surface area contributed by atoms with Crippen LogP contribution < -0.4 is 5.73 Å². The Labute approximate surface area is 103 Å². The first kappa shape index (κ1) is 11.6. The van der Waals surface area contributed by atoms with Crippen molar-refractivity contribution in [3.63, 3.8) is 0 Å². The number of rotatable bonds is 2. The van der Waals surface area contributed by atoms with Crippen LogP contribution in [0.2, 0.25) is 5.02 Å². The van der Waals surface area contributed by atoms with E-state index in [0.29, 0.717) is 11.3 Å². The van der Waals surface area contributed by atoms with Crippen LogP contribution in [0.1, 0.15) is 15.9 Å². The van der Waals surface area contributed by atoms with E-state index in [1.165, 1.54) is 12.1 Å². The van der Waals surface area contributed by atoms with Crippen LogP contribution in [0.5, 0.6) is 0 Å². The number of nitrogens with two attached hydrogens (primary N) is 1. The number of carbonyl (C=O) groups excluding carboxylic acids is 1. The molecule has 0 aliphatic carbocycles. The van der Waals surface area contributed by atoms with Gasteiger partial charge in [0, 0.05) is 16.8 Å². The number of halogens is 2. The normalized spacial score (nSPS) is 10.2. The highest BCUT2D eigenvalue weighted by molar-refractivity contribution is 6.35. The molecule has 0 aliphatic heterocycles. The fourth-order valence-electron chi connectivity index (χ4n) is 1.52. The highest BCUT2D eigenvalue weighted by atomic mass is 35.5. The van der Waals surface area contributed by atoms with Gasteiger partial charge >= 0.3 is 0 Å². The summed E-state index contributed by atoms with van der Waals surface area (Å²) in [5.74, 6) is -0.889. The van der Waals surface area contributed by atoms with Gasteiger partial charge in [0.2, 0.25) is 0 Å². The lowest BCUT2D eigenvalue weighted by Gasteiger charge is -2.06. The predicted molar refractivity (Wildman–Crippen MR) is 65.7 cm³/mol. The summed E-state index contributed by atoms with van der Waals surface area (Å²) in [7, 11) is 0. The molecule has 0 aliphatic rings. The Hall–Kier alpha value is -1.87. The van der Waals surface area contributed by atoms with Crippen molar-refractivity contribution < 1.29 is 9.18 Å². The molecular weight excluding hydrogens is 241 g/mol. The molecule has 0 bridgehead atoms. The third-order valence-corrected chi connectivity index (χ3v) is 2.71. The van der Waals surface area contributed by atoms with E-state index in [9.17, 15) is 9.18 Å². The second kappa shape index (κ2) is 4.55. The highest BCUT2D eigenvalue weighted by Gasteiger charge is 2.15. The molecule has 0 amide bonds. The molecule has 2 aromatic carbocycles. The molecule has 0 fully saturated rings. The highest BCUT2D eigenvalue weighted by Crippen LogP contribution is 2.23. The van der Waals surface area contributed by atoms with Crippen LogP contribution in [0.15, 0.2) is 42.5 Å². The SMILES string of the molecule is Nc1ccccc1C(=O)c1cc(F)ccc1Cl. The van der Waals surface area contributed by atoms with E-state index in [1.54, 1.807) is 24.3 Å². The van der Waals surface area contributed by atoms with Gasteiger partial charge in [0.15, 0.2) is 5.78 Å². The lowest BCUT2D eigenvalue weighted by Crippen LogP contribution is -2.06. The first-order valence-electron chi connectivity index (χ1n) is 4.94. The van der Waals surface area contributed by atoms with Gasteiger partial charge in [-0.1, -0.05) is 23.7 Å². The zero-order valence-corrected chi connectivity index (χ0v) is 9.54. The Morgan fingerprint density at radius 3 is 2.53 bits per heavy atom. The molecule has 0 heterocycles. The first-order chi connectivity index (χ1) is 8.09. The molecule has 4 heteroatoms. The molecule has 2 nitrogen and oxygen atoms in total. The van der Waals surface area contributed by atoms with Gasteiger partial charge in [0.1, 0.15) is 5.82 Å². The van der Waals surface area contributed by atoms with Gasteiger partial charge in [-0.15, -0.1) is 0 Å². The number of hydrogen-bond acceptors (Lipinski definition) is 2. The Kier molecular flexibility index (Phi) is 3.11. The zero-order chi connectivity index (χ0) is 12.4. The average Bonchev–Trinajstić information content (AvgIpc) is 2.32. The van der Waals surface area contributed by atoms with Gasteiger partial charge in [-0.05, 0) is 30.3 Å². The number of carbonyl (C=O) groups is 1. The summed E-state index contributed by atoms with van der Waals surface area (Å²) in [6.45, 7) is 0. The van der Waals surface area contributed by atoms with Gasteiger partial charge in [0.25, 0.3) is 0 Å². The Morgan fingerprint density at radius 2 is 1.82 bits per heavy atom. The standard InChI is InChI=1S/C13H9ClFNO/c14-11-6-5-8(15)7-10(11)13(17)9-3-1-2-4-12(9)16/h1-7H,16H2. The Bertz CT molecular complexity index is 583. The lowest BCUT2D eigenvalue weighted by molar-refractivity contribution is 0.103. The summed E-state index contributed by atoms with van der Waals surface area (Å²) in [4.78, 5) is 12.1. The molecule has 0 saturated carbocycles. The maximum absolute atomic E-state index is 13.1. The van der Waals surface area contributed by atoms with Crippen molar-refractivity contribution in [1.82, 2.24) is 0 Å². The van der Waals surface area contributed by atoms with Crippen molar-refractivity contribution in [3.8, 4) is 0 Å². The van der Waals surface area contributed by atoms with Crippen molar-refractivity contribution in [1.29, 1.82) is 0 Å². The van der Waals surface area contributed by atoms with E-state index in [2.05, 4.69) is 0 Å². The number of anilines is 1. The van der Waals surface area contributed by atoms with E-state index in [0.717, 1.165) is 6.07 Å². The van der Waals surface area contributed by atoms with Crippen LogP contribution in [0.3, 0.4) is 0 Å². The molecule has 17 heavy (non-hydrogen) atoms. The predicted octanol–water partition coefficient (Wildman–Crippen LogP) is 3.29. The van der Waals surface area contributed by atoms with E-state index in [-0.39, 0.29) is 16.4 Å². The van der Waals surface area contributed by atoms with Gasteiger partial charge in [-0.3, -0.25) is 4.79 Å². The van der Waals surface area contributed by atoms with Gasteiger partial charge in [0.05, 0.1) is 5.02 Å². The topological polar surface area (TPSA) is 43.1 Å². The fraction of sp³-hybridized carbons (Fsp3) is 0. The van der Waals surface area contributed by atoms with E-state index in [4.69, 9.17) is 17.3 Å². The van der Waals surface area contributed by atoms with Crippen molar-refractivity contribution in [2.24, 2.45) is 0 Å². The zero-order valence-electron chi connectivity index (χ0n) is 8.78. The minimum atomic E-state index is -0.507. The molecule has 0 spiro atoms. The largest absolute Gasteiger partial charge is 0.398 e. The van der Waals surface area contributed by atoms with Crippen LogP contribution in [0.25, 0.3) is 0 Å². The number of para-hydroxylation sites is 1. The van der Waals surface area contributed by atoms with Crippen LogP contribution in [0.4, 0.5) is 10.1 Å². The minimum Gasteiger partial charge on any atom is -0.398 e. The van der Waals surface area contributed by atoms with E-state index in [1.807, 2.05) is 0 Å². The van der Waals surface area contributed by atoms with Crippen LogP contribution in [0, 0.1) is 5.82 Å². The summed E-state index contributed by atoms with van der Waals surface area (Å²) in [6, 6.07) is 10.3. The molecule has 0 radical (unpaired) electrons. The third kappa shape index (κ3) is 2.29. The number of ketones is 1. The maximum Gasteiger partial charge on any atom is 0.196 e. The average molecular weight is 250 g/mol. The summed E-state index contributed by atoms with van der Waals surface area (Å²) >= 11 is 5.87. The Morgan fingerprint density at radius 1 is 1.12 bits per heavy atom. The number of benzene rings is 2. The summed E-state index contributed by atoms with van der Waals surface area (Å²) in [5.41, 5.74) is 6.47. The smallest absolute Gasteiger partial charge is 0.196 e. The molecule has 0 unspecified atom stereocenters. The Balaban J connectivity index is 2.51. The second-order valence-electron chi connectivity index (χ2n) is 3.54. The van der Waals surface area contributed by atoms with Gasteiger partial charge < -0.3 is 5.73 Å². The van der Waals surface area contributed by atoms with Crippen molar-refractivity contribution >= 4 is 23.1 Å². The fourth-order valence-corrected chi connectivity index (χ4v) is 1.72. The molecule has 0 aromatic heterocycles. The van der Waals surface area contributed by atoms with Gasteiger partial charge in [-0.2, -0.15) is 0 Å². The summed E-state index contributed by atoms with van der Waals surface area (Å²) in [6.07, 6.45) is 0. The van der Waals surface area contributed by atoms with Crippen LogP contribution >= 0.6 is 11.6 Å². The quantitative estimate of drug-likeness (QED) is 0.656. The first-order valence-corrected chi connectivity index (χ1v) is 5.31. The molecule has 0 atom stereocenters. The third-order valence-electron chi connectivity index (χ3n) is 2.38. The van der Waals surface area contributed by atoms with Crippen LogP contribution in [-0.2, 0) is 0 Å². The summed E-state index contributed by atoms with van der Waals surface area (Å²) in [5, 5.41) is 0.208. The molecular formula is C13H9ClFNO. The van der Waals surface area contributed by atoms with E-state index >= 15 is 0 Å². The van der Waals surface area contributed by atoms with E-state index < -0.39 is 5.82 Å². The summed E-state index contributed by atoms with van der Waals surface area (Å²) < 4.78 is 13.1. The van der Waals surface area contributed by atoms with Crippen LogP contribution in [-0.4, -0.2) is 5.78 Å². The number of nitrogen functional groups attached to an aromatic ring is 1.